The molecule has 0 N–H and O–H groups in total. The van der Waals surface area contributed by atoms with E-state index in [0.29, 0.717) is 21.4 Å². The Labute approximate surface area is 168 Å². The molecular weight excluding hydrogens is 438 g/mol. The van der Waals surface area contributed by atoms with Gasteiger partial charge >= 0.3 is 0 Å². The molecule has 0 fully saturated rings. The van der Waals surface area contributed by atoms with Gasteiger partial charge in [-0.05, 0) is 53.2 Å². The summed E-state index contributed by atoms with van der Waals surface area (Å²) >= 11 is 9.84. The average molecular weight is 452 g/mol. The van der Waals surface area contributed by atoms with Gasteiger partial charge in [0.05, 0.1) is 28.5 Å². The van der Waals surface area contributed by atoms with Crippen LogP contribution in [0, 0.1) is 11.6 Å². The zero-order valence-corrected chi connectivity index (χ0v) is 16.6. The van der Waals surface area contributed by atoms with Gasteiger partial charge in [-0.1, -0.05) is 24.2 Å². The van der Waals surface area contributed by atoms with Crippen LogP contribution in [0.15, 0.2) is 64.3 Å². The predicted molar refractivity (Wildman–Crippen MR) is 107 cm³/mol. The summed E-state index contributed by atoms with van der Waals surface area (Å²) in [6, 6.07) is 7.05. The number of rotatable bonds is 3. The summed E-state index contributed by atoms with van der Waals surface area (Å²) in [7, 11) is 0. The summed E-state index contributed by atoms with van der Waals surface area (Å²) < 4.78 is 29.5. The SMILES string of the molecule is C=C1CN=C(c2c(F)cccc2F)c2c(ccc(Br)c2Cl)N1/C=C\C(C)=O. The first kappa shape index (κ1) is 19.5. The van der Waals surface area contributed by atoms with E-state index in [1.807, 2.05) is 0 Å². The van der Waals surface area contributed by atoms with Crippen LogP contribution in [-0.4, -0.2) is 18.0 Å². The lowest BCUT2D eigenvalue weighted by Crippen LogP contribution is -2.18. The van der Waals surface area contributed by atoms with Gasteiger partial charge in [-0.25, -0.2) is 8.78 Å². The quantitative estimate of drug-likeness (QED) is 0.565. The molecule has 2 aromatic carbocycles. The summed E-state index contributed by atoms with van der Waals surface area (Å²) in [5.74, 6) is -1.64. The lowest BCUT2D eigenvalue weighted by Gasteiger charge is -2.23. The number of anilines is 1. The molecule has 0 unspecified atom stereocenters. The minimum atomic E-state index is -0.742. The standard InChI is InChI=1S/C20H14BrClF2N2O/c1-11-10-25-20(17-14(23)4-3-5-15(17)24)18-16(7-6-13(21)19(18)22)26(11)9-8-12(2)27/h3-9H,1,10H2,2H3/b9-8-. The highest BCUT2D eigenvalue weighted by atomic mass is 79.9. The van der Waals surface area contributed by atoms with Crippen molar-refractivity contribution < 1.29 is 13.6 Å². The monoisotopic (exact) mass is 450 g/mol. The molecule has 0 radical (unpaired) electrons. The van der Waals surface area contributed by atoms with E-state index in [9.17, 15) is 13.6 Å². The number of hydrogen-bond acceptors (Lipinski definition) is 3. The summed E-state index contributed by atoms with van der Waals surface area (Å²) in [5, 5.41) is 0.254. The zero-order chi connectivity index (χ0) is 19.7. The van der Waals surface area contributed by atoms with E-state index >= 15 is 0 Å². The van der Waals surface area contributed by atoms with Gasteiger partial charge < -0.3 is 4.90 Å². The Bertz CT molecular complexity index is 997. The van der Waals surface area contributed by atoms with E-state index in [4.69, 9.17) is 11.6 Å². The van der Waals surface area contributed by atoms with E-state index in [1.54, 1.807) is 23.2 Å². The molecular formula is C20H14BrClF2N2O. The van der Waals surface area contributed by atoms with Crippen LogP contribution in [0.25, 0.3) is 0 Å². The summed E-state index contributed by atoms with van der Waals surface area (Å²) in [5.41, 5.74) is 1.22. The Morgan fingerprint density at radius 3 is 2.56 bits per heavy atom. The molecule has 0 atom stereocenters. The Morgan fingerprint density at radius 1 is 1.26 bits per heavy atom. The molecule has 1 heterocycles. The van der Waals surface area contributed by atoms with E-state index < -0.39 is 11.6 Å². The molecule has 0 amide bonds. The molecule has 0 bridgehead atoms. The molecule has 3 nitrogen and oxygen atoms in total. The topological polar surface area (TPSA) is 32.7 Å². The lowest BCUT2D eigenvalue weighted by molar-refractivity contribution is -0.112. The summed E-state index contributed by atoms with van der Waals surface area (Å²) in [4.78, 5) is 17.4. The molecule has 7 heteroatoms. The Morgan fingerprint density at radius 2 is 1.93 bits per heavy atom. The Kier molecular flexibility index (Phi) is 5.58. The van der Waals surface area contributed by atoms with Gasteiger partial charge in [-0.2, -0.15) is 0 Å². The van der Waals surface area contributed by atoms with Crippen LogP contribution >= 0.6 is 27.5 Å². The molecule has 3 rings (SSSR count). The van der Waals surface area contributed by atoms with Gasteiger partial charge in [0.2, 0.25) is 0 Å². The zero-order valence-electron chi connectivity index (χ0n) is 14.3. The first-order chi connectivity index (χ1) is 12.8. The third-order valence-electron chi connectivity index (χ3n) is 3.99. The number of allylic oxidation sites excluding steroid dienone is 1. The van der Waals surface area contributed by atoms with Gasteiger partial charge in [0.25, 0.3) is 0 Å². The maximum atomic E-state index is 14.5. The third-order valence-corrected chi connectivity index (χ3v) is 5.27. The van der Waals surface area contributed by atoms with E-state index in [-0.39, 0.29) is 28.6 Å². The predicted octanol–water partition coefficient (Wildman–Crippen LogP) is 5.65. The van der Waals surface area contributed by atoms with Crippen LogP contribution in [0.2, 0.25) is 5.02 Å². The van der Waals surface area contributed by atoms with E-state index in [2.05, 4.69) is 27.5 Å². The molecule has 0 saturated heterocycles. The van der Waals surface area contributed by atoms with Crippen molar-refractivity contribution in [2.45, 2.75) is 6.92 Å². The molecule has 138 valence electrons. The largest absolute Gasteiger partial charge is 0.319 e. The van der Waals surface area contributed by atoms with Gasteiger partial charge in [0.1, 0.15) is 11.6 Å². The third kappa shape index (κ3) is 3.73. The minimum Gasteiger partial charge on any atom is -0.319 e. The van der Waals surface area contributed by atoms with Gasteiger partial charge in [-0.3, -0.25) is 9.79 Å². The number of aliphatic imine (C=N–C) groups is 1. The summed E-state index contributed by atoms with van der Waals surface area (Å²) in [6.45, 7) is 5.47. The smallest absolute Gasteiger partial charge is 0.154 e. The fraction of sp³-hybridized carbons (Fsp3) is 0.100. The van der Waals surface area contributed by atoms with Crippen molar-refractivity contribution in [3.63, 3.8) is 0 Å². The van der Waals surface area contributed by atoms with Crippen molar-refractivity contribution >= 4 is 44.7 Å². The Hall–Kier alpha value is -2.31. The van der Waals surface area contributed by atoms with Crippen molar-refractivity contribution in [3.05, 3.63) is 87.1 Å². The van der Waals surface area contributed by atoms with Gasteiger partial charge in [0, 0.05) is 21.9 Å². The minimum absolute atomic E-state index is 0.0774. The molecule has 27 heavy (non-hydrogen) atoms. The molecule has 0 saturated carbocycles. The van der Waals surface area contributed by atoms with Crippen LogP contribution in [0.3, 0.4) is 0 Å². The number of carbonyl (C=O) groups is 1. The fourth-order valence-corrected chi connectivity index (χ4v) is 3.34. The maximum absolute atomic E-state index is 14.5. The molecule has 0 aromatic heterocycles. The van der Waals surface area contributed by atoms with E-state index in [1.165, 1.54) is 31.2 Å². The highest BCUT2D eigenvalue weighted by molar-refractivity contribution is 9.10. The van der Waals surface area contributed by atoms with Gasteiger partial charge in [0.15, 0.2) is 5.78 Å². The van der Waals surface area contributed by atoms with Crippen molar-refractivity contribution in [1.29, 1.82) is 0 Å². The number of benzene rings is 2. The number of carbonyl (C=O) groups excluding carboxylic acids is 1. The van der Waals surface area contributed by atoms with Crippen molar-refractivity contribution in [1.82, 2.24) is 0 Å². The van der Waals surface area contributed by atoms with Crippen LogP contribution in [0.4, 0.5) is 14.5 Å². The summed E-state index contributed by atoms with van der Waals surface area (Å²) in [6.07, 6.45) is 2.92. The molecule has 1 aliphatic rings. The molecule has 2 aromatic rings. The lowest BCUT2D eigenvalue weighted by atomic mass is 9.99. The maximum Gasteiger partial charge on any atom is 0.154 e. The van der Waals surface area contributed by atoms with Crippen molar-refractivity contribution in [3.8, 4) is 0 Å². The molecule has 1 aliphatic heterocycles. The second kappa shape index (κ2) is 7.74. The fourth-order valence-electron chi connectivity index (χ4n) is 2.76. The number of nitrogens with zero attached hydrogens (tertiary/aromatic N) is 2. The first-order valence-corrected chi connectivity index (χ1v) is 9.11. The van der Waals surface area contributed by atoms with Crippen molar-refractivity contribution in [2.24, 2.45) is 4.99 Å². The second-order valence-electron chi connectivity index (χ2n) is 5.88. The van der Waals surface area contributed by atoms with Gasteiger partial charge in [-0.15, -0.1) is 0 Å². The average Bonchev–Trinajstić information content (AvgIpc) is 2.74. The van der Waals surface area contributed by atoms with Crippen LogP contribution in [-0.2, 0) is 4.79 Å². The normalized spacial score (nSPS) is 14.2. The second-order valence-corrected chi connectivity index (χ2v) is 7.11. The highest BCUT2D eigenvalue weighted by Gasteiger charge is 2.28. The first-order valence-electron chi connectivity index (χ1n) is 7.94. The van der Waals surface area contributed by atoms with Crippen molar-refractivity contribution in [2.75, 3.05) is 11.4 Å². The van der Waals surface area contributed by atoms with Crippen LogP contribution in [0.5, 0.6) is 0 Å². The number of hydrogen-bond donors (Lipinski definition) is 0. The number of halogens is 4. The van der Waals surface area contributed by atoms with Crippen LogP contribution in [0.1, 0.15) is 18.1 Å². The molecule has 0 aliphatic carbocycles. The number of fused-ring (bicyclic) bond motifs is 1. The van der Waals surface area contributed by atoms with Crippen LogP contribution < -0.4 is 4.90 Å². The number of benzodiazepines with no additional fused rings is 1. The highest BCUT2D eigenvalue weighted by Crippen LogP contribution is 2.39. The number of ketones is 1. The van der Waals surface area contributed by atoms with E-state index in [0.717, 1.165) is 0 Å². The molecule has 0 spiro atoms. The Balaban J connectivity index is 2.32.